The van der Waals surface area contributed by atoms with Gasteiger partial charge in [0.05, 0.1) is 0 Å². The smallest absolute Gasteiger partial charge is 0.0486 e. The average molecular weight is 242 g/mol. The summed E-state index contributed by atoms with van der Waals surface area (Å²) in [5, 5.41) is 5.13. The van der Waals surface area contributed by atoms with Crippen LogP contribution in [0.4, 0.5) is 0 Å². The number of fused-ring (bicyclic) bond motifs is 1. The van der Waals surface area contributed by atoms with E-state index in [4.69, 9.17) is 0 Å². The Morgan fingerprint density at radius 3 is 2.83 bits per heavy atom. The first-order valence-corrected chi connectivity index (χ1v) is 7.10. The third kappa shape index (κ3) is 1.95. The largest absolute Gasteiger partial charge is 0.347 e. The van der Waals surface area contributed by atoms with Crippen LogP contribution in [0.2, 0.25) is 0 Å². The highest BCUT2D eigenvalue weighted by Crippen LogP contribution is 2.26. The van der Waals surface area contributed by atoms with Crippen molar-refractivity contribution >= 4 is 10.9 Å². The predicted molar refractivity (Wildman–Crippen MR) is 76.8 cm³/mol. The van der Waals surface area contributed by atoms with Gasteiger partial charge in [0, 0.05) is 36.2 Å². The number of hydrogen-bond donors (Lipinski definition) is 1. The van der Waals surface area contributed by atoms with E-state index in [-0.39, 0.29) is 0 Å². The Balaban J connectivity index is 1.94. The summed E-state index contributed by atoms with van der Waals surface area (Å²) in [5.41, 5.74) is 4.23. The monoisotopic (exact) mass is 242 g/mol. The summed E-state index contributed by atoms with van der Waals surface area (Å²) < 4.78 is 2.36. The molecule has 2 heteroatoms. The summed E-state index contributed by atoms with van der Waals surface area (Å²) in [6, 6.07) is 7.37. The topological polar surface area (TPSA) is 17.0 Å². The van der Waals surface area contributed by atoms with Gasteiger partial charge in [-0.1, -0.05) is 18.6 Å². The molecule has 1 aliphatic carbocycles. The van der Waals surface area contributed by atoms with Crippen molar-refractivity contribution in [2.24, 2.45) is 0 Å². The van der Waals surface area contributed by atoms with E-state index in [1.54, 1.807) is 0 Å². The van der Waals surface area contributed by atoms with Crippen LogP contribution in [0, 0.1) is 6.92 Å². The van der Waals surface area contributed by atoms with Crippen molar-refractivity contribution in [2.75, 3.05) is 0 Å². The molecule has 2 nitrogen and oxygen atoms in total. The summed E-state index contributed by atoms with van der Waals surface area (Å²) in [5.74, 6) is 0. The van der Waals surface area contributed by atoms with Crippen LogP contribution in [-0.4, -0.2) is 10.6 Å². The predicted octanol–water partition coefficient (Wildman–Crippen LogP) is 3.61. The Morgan fingerprint density at radius 2 is 2.17 bits per heavy atom. The minimum Gasteiger partial charge on any atom is -0.347 e. The van der Waals surface area contributed by atoms with Crippen LogP contribution in [0.15, 0.2) is 24.4 Å². The minimum atomic E-state index is 0.758. The highest BCUT2D eigenvalue weighted by Gasteiger charge is 2.17. The fraction of sp³-hybridized carbons (Fsp3) is 0.500. The van der Waals surface area contributed by atoms with E-state index in [0.29, 0.717) is 0 Å². The van der Waals surface area contributed by atoms with Gasteiger partial charge in [0.1, 0.15) is 0 Å². The van der Waals surface area contributed by atoms with E-state index >= 15 is 0 Å². The SMILES string of the molecule is CCn1cc(CNC2CCC2)c2c(C)cccc21. The second kappa shape index (κ2) is 4.77. The van der Waals surface area contributed by atoms with Gasteiger partial charge in [-0.15, -0.1) is 0 Å². The maximum atomic E-state index is 3.68. The zero-order valence-corrected chi connectivity index (χ0v) is 11.4. The van der Waals surface area contributed by atoms with E-state index < -0.39 is 0 Å². The average Bonchev–Trinajstić information content (AvgIpc) is 2.67. The molecule has 18 heavy (non-hydrogen) atoms. The molecular weight excluding hydrogens is 220 g/mol. The number of hydrogen-bond acceptors (Lipinski definition) is 1. The molecule has 0 bridgehead atoms. The Labute approximate surface area is 109 Å². The van der Waals surface area contributed by atoms with Gasteiger partial charge in [0.2, 0.25) is 0 Å². The van der Waals surface area contributed by atoms with Crippen molar-refractivity contribution in [3.63, 3.8) is 0 Å². The zero-order chi connectivity index (χ0) is 12.5. The molecule has 0 radical (unpaired) electrons. The fourth-order valence-corrected chi connectivity index (χ4v) is 2.89. The van der Waals surface area contributed by atoms with E-state index in [2.05, 4.69) is 48.1 Å². The molecule has 1 aromatic heterocycles. The highest BCUT2D eigenvalue weighted by atomic mass is 15.0. The molecule has 1 N–H and O–H groups in total. The molecule has 1 aliphatic rings. The van der Waals surface area contributed by atoms with Crippen LogP contribution >= 0.6 is 0 Å². The standard InChI is InChI=1S/C16H22N2/c1-3-18-11-13(10-17-14-7-5-8-14)16-12(2)6-4-9-15(16)18/h4,6,9,11,14,17H,3,5,7-8,10H2,1-2H3. The van der Waals surface area contributed by atoms with Crippen molar-refractivity contribution in [1.29, 1.82) is 0 Å². The van der Waals surface area contributed by atoms with Gasteiger partial charge in [0.25, 0.3) is 0 Å². The fourth-order valence-electron chi connectivity index (χ4n) is 2.89. The number of benzene rings is 1. The molecule has 1 saturated carbocycles. The molecule has 0 amide bonds. The molecule has 3 rings (SSSR count). The number of rotatable bonds is 4. The Hall–Kier alpha value is -1.28. The number of aryl methyl sites for hydroxylation is 2. The van der Waals surface area contributed by atoms with Gasteiger partial charge >= 0.3 is 0 Å². The summed E-state index contributed by atoms with van der Waals surface area (Å²) >= 11 is 0. The molecule has 0 saturated heterocycles. The Morgan fingerprint density at radius 1 is 1.33 bits per heavy atom. The van der Waals surface area contributed by atoms with Crippen LogP contribution < -0.4 is 5.32 Å². The van der Waals surface area contributed by atoms with Crippen LogP contribution in [0.25, 0.3) is 10.9 Å². The summed E-state index contributed by atoms with van der Waals surface area (Å²) in [4.78, 5) is 0. The van der Waals surface area contributed by atoms with Crippen molar-refractivity contribution in [2.45, 2.75) is 52.2 Å². The maximum Gasteiger partial charge on any atom is 0.0486 e. The van der Waals surface area contributed by atoms with Crippen LogP contribution in [-0.2, 0) is 13.1 Å². The van der Waals surface area contributed by atoms with Gasteiger partial charge < -0.3 is 9.88 Å². The van der Waals surface area contributed by atoms with E-state index in [1.165, 1.54) is 41.3 Å². The number of nitrogens with zero attached hydrogens (tertiary/aromatic N) is 1. The second-order valence-corrected chi connectivity index (χ2v) is 5.42. The van der Waals surface area contributed by atoms with Crippen molar-refractivity contribution in [3.05, 3.63) is 35.5 Å². The van der Waals surface area contributed by atoms with Crippen molar-refractivity contribution < 1.29 is 0 Å². The summed E-state index contributed by atoms with van der Waals surface area (Å²) in [6.45, 7) is 6.49. The van der Waals surface area contributed by atoms with Crippen LogP contribution in [0.1, 0.15) is 37.3 Å². The lowest BCUT2D eigenvalue weighted by Gasteiger charge is -2.26. The van der Waals surface area contributed by atoms with Gasteiger partial charge in [-0.3, -0.25) is 0 Å². The van der Waals surface area contributed by atoms with Gasteiger partial charge in [-0.25, -0.2) is 0 Å². The molecule has 0 aliphatic heterocycles. The minimum absolute atomic E-state index is 0.758. The molecule has 96 valence electrons. The Bertz CT molecular complexity index is 549. The van der Waals surface area contributed by atoms with Gasteiger partial charge in [-0.05, 0) is 43.9 Å². The van der Waals surface area contributed by atoms with Gasteiger partial charge in [-0.2, -0.15) is 0 Å². The third-order valence-corrected chi connectivity index (χ3v) is 4.22. The lowest BCUT2D eigenvalue weighted by Crippen LogP contribution is -2.34. The maximum absolute atomic E-state index is 3.68. The Kier molecular flexibility index (Phi) is 3.13. The normalized spacial score (nSPS) is 16.1. The molecule has 1 fully saturated rings. The molecular formula is C16H22N2. The molecule has 0 unspecified atom stereocenters. The second-order valence-electron chi connectivity index (χ2n) is 5.42. The number of aromatic nitrogens is 1. The van der Waals surface area contributed by atoms with Crippen molar-refractivity contribution in [3.8, 4) is 0 Å². The molecule has 2 aromatic rings. The molecule has 0 spiro atoms. The number of nitrogens with one attached hydrogen (secondary N) is 1. The first kappa shape index (κ1) is 11.8. The summed E-state index contributed by atoms with van der Waals surface area (Å²) in [7, 11) is 0. The van der Waals surface area contributed by atoms with Crippen molar-refractivity contribution in [1.82, 2.24) is 9.88 Å². The van der Waals surface area contributed by atoms with Crippen LogP contribution in [0.3, 0.4) is 0 Å². The zero-order valence-electron chi connectivity index (χ0n) is 11.4. The lowest BCUT2D eigenvalue weighted by atomic mass is 9.93. The van der Waals surface area contributed by atoms with E-state index in [1.807, 2.05) is 0 Å². The van der Waals surface area contributed by atoms with Crippen LogP contribution in [0.5, 0.6) is 0 Å². The van der Waals surface area contributed by atoms with Gasteiger partial charge in [0.15, 0.2) is 0 Å². The molecule has 1 aromatic carbocycles. The van der Waals surface area contributed by atoms with E-state index in [9.17, 15) is 0 Å². The van der Waals surface area contributed by atoms with E-state index in [0.717, 1.165) is 19.1 Å². The first-order chi connectivity index (χ1) is 8.79. The molecule has 1 heterocycles. The first-order valence-electron chi connectivity index (χ1n) is 7.10. The third-order valence-electron chi connectivity index (χ3n) is 4.22. The quantitative estimate of drug-likeness (QED) is 0.866. The lowest BCUT2D eigenvalue weighted by molar-refractivity contribution is 0.338. The highest BCUT2D eigenvalue weighted by molar-refractivity contribution is 5.87. The summed E-state index contributed by atoms with van der Waals surface area (Å²) in [6.07, 6.45) is 6.42. The molecule has 0 atom stereocenters.